The topological polar surface area (TPSA) is 122 Å². The number of phenolic OH excluding ortho intramolecular Hbond substituents is 2. The summed E-state index contributed by atoms with van der Waals surface area (Å²) in [7, 11) is 20.0. The number of pyridine rings is 4. The number of nitrogens with zero attached hydrogens (tertiary/aromatic N) is 5. The summed E-state index contributed by atoms with van der Waals surface area (Å²) in [4.78, 5) is 29.0. The molecule has 90 heavy (non-hydrogen) atoms. The Morgan fingerprint density at radius 3 is 1.22 bits per heavy atom. The molecule has 0 bridgehead atoms. The zero-order valence-corrected chi connectivity index (χ0v) is 64.7. The average Bonchev–Trinajstić information content (AvgIpc) is 1.54. The van der Waals surface area contributed by atoms with Crippen molar-refractivity contribution in [1.29, 1.82) is 0 Å². The monoisotopic (exact) mass is 1670 g/mol. The summed E-state index contributed by atoms with van der Waals surface area (Å²) in [5.41, 5.74) is 20.7. The second kappa shape index (κ2) is 28.9. The van der Waals surface area contributed by atoms with Crippen molar-refractivity contribution in [3.8, 4) is 79.0 Å². The molecule has 0 spiro atoms. The molecule has 2 aliphatic rings. The molecular weight excluding hydrogens is 1620 g/mol. The molecule has 0 radical (unpaired) electrons. The normalized spacial score (nSPS) is 13.3. The third-order valence-electron chi connectivity index (χ3n) is 16.4. The maximum absolute atomic E-state index is 10.4. The molecule has 8 nitrogen and oxygen atoms in total. The van der Waals surface area contributed by atoms with Gasteiger partial charge in [-0.2, -0.15) is 0 Å². The van der Waals surface area contributed by atoms with Crippen LogP contribution in [0.4, 0.5) is 0 Å². The second-order valence-corrected chi connectivity index (χ2v) is 43.4. The maximum atomic E-state index is 10.4. The molecule has 0 saturated heterocycles. The summed E-state index contributed by atoms with van der Waals surface area (Å²) in [5, 5.41) is 20.9. The van der Waals surface area contributed by atoms with Gasteiger partial charge in [0.15, 0.2) is 0 Å². The second-order valence-electron chi connectivity index (χ2n) is 23.7. The molecule has 6 aromatic carbocycles. The minimum absolute atomic E-state index is 0. The van der Waals surface area contributed by atoms with Crippen LogP contribution in [0.3, 0.4) is 0 Å². The minimum atomic E-state index is -3.06. The van der Waals surface area contributed by atoms with Gasteiger partial charge in [0.2, 0.25) is 0 Å². The van der Waals surface area contributed by atoms with E-state index in [1.807, 2.05) is 91.3 Å². The number of halogens is 4. The first kappa shape index (κ1) is 68.7. The van der Waals surface area contributed by atoms with Crippen molar-refractivity contribution >= 4 is 101 Å². The molecule has 0 fully saturated rings. The van der Waals surface area contributed by atoms with Gasteiger partial charge < -0.3 is 20.2 Å². The summed E-state index contributed by atoms with van der Waals surface area (Å²) in [6.45, 7) is 13.4. The molecule has 450 valence electrons. The van der Waals surface area contributed by atoms with E-state index in [-0.39, 0.29) is 43.4 Å². The molecule has 14 rings (SSSR count). The number of para-hydroxylation sites is 2. The van der Waals surface area contributed by atoms with Crippen LogP contribution in [0.15, 0.2) is 243 Å². The first-order chi connectivity index (χ1) is 42.7. The van der Waals surface area contributed by atoms with Crippen LogP contribution >= 0.6 is 37.7 Å². The first-order valence-corrected chi connectivity index (χ1v) is 56.7. The van der Waals surface area contributed by atoms with Crippen molar-refractivity contribution < 1.29 is 43.2 Å². The van der Waals surface area contributed by atoms with Crippen LogP contribution in [0, 0.1) is 0 Å². The molecule has 6 aromatic heterocycles. The van der Waals surface area contributed by atoms with Crippen LogP contribution in [-0.4, -0.2) is 98.3 Å². The molecular formula is C74H61Cl4K2N6O2Pt2-. The number of rotatable bonds is 8. The van der Waals surface area contributed by atoms with E-state index in [0.717, 1.165) is 51.2 Å². The number of aromatic nitrogens is 6. The summed E-state index contributed by atoms with van der Waals surface area (Å²) in [6, 6.07) is 78.1. The largest absolute Gasteiger partial charge is 0 e. The molecule has 0 atom stereocenters. The molecule has 3 N–H and O–H groups in total. The maximum Gasteiger partial charge on any atom is 0 e. The van der Waals surface area contributed by atoms with Crippen LogP contribution in [0.25, 0.3) is 67.5 Å². The van der Waals surface area contributed by atoms with E-state index < -0.39 is 22.7 Å². The molecule has 2 aliphatic carbocycles. The third kappa shape index (κ3) is 13.9. The number of benzene rings is 6. The Labute approximate surface area is 605 Å². The van der Waals surface area contributed by atoms with E-state index in [1.165, 1.54) is 119 Å². The summed E-state index contributed by atoms with van der Waals surface area (Å²) >= 11 is -0.556. The Hall–Kier alpha value is -4.11. The number of H-pyrrole nitrogens is 1. The third-order valence-corrected chi connectivity index (χ3v) is 16.4. The van der Waals surface area contributed by atoms with Gasteiger partial charge in [0, 0.05) is 56.0 Å². The van der Waals surface area contributed by atoms with Crippen molar-refractivity contribution in [2.75, 3.05) is 0 Å². The number of nitrogens with one attached hydrogen (secondary N) is 1. The zero-order valence-electron chi connectivity index (χ0n) is 50.9. The number of hydrogen-bond acceptors (Lipinski definition) is 6. The van der Waals surface area contributed by atoms with E-state index in [9.17, 15) is 10.2 Å². The Morgan fingerprint density at radius 1 is 0.422 bits per heavy atom. The fourth-order valence-corrected chi connectivity index (χ4v) is 12.4. The van der Waals surface area contributed by atoms with Crippen molar-refractivity contribution in [3.63, 3.8) is 0 Å². The van der Waals surface area contributed by atoms with Gasteiger partial charge >= 0.3 is 113 Å². The van der Waals surface area contributed by atoms with Gasteiger partial charge in [0.05, 0.1) is 39.6 Å². The molecule has 0 unspecified atom stereocenters. The van der Waals surface area contributed by atoms with E-state index >= 15 is 0 Å². The quantitative estimate of drug-likeness (QED) is 0.130. The van der Waals surface area contributed by atoms with Crippen LogP contribution in [0.1, 0.15) is 97.7 Å². The predicted molar refractivity (Wildman–Crippen MR) is 364 cm³/mol. The molecule has 0 aliphatic heterocycles. The Balaban J connectivity index is 0.000000178. The number of aromatic amines is 1. The number of aromatic hydroxyl groups is 2. The van der Waals surface area contributed by atoms with E-state index in [0.29, 0.717) is 16.8 Å². The number of fused-ring (bicyclic) bond motifs is 6. The van der Waals surface area contributed by atoms with Gasteiger partial charge in [-0.05, 0) is 151 Å². The molecule has 16 heteroatoms. The molecule has 0 saturated carbocycles. The fourth-order valence-electron chi connectivity index (χ4n) is 12.4. The Kier molecular flexibility index (Phi) is 22.0. The van der Waals surface area contributed by atoms with Gasteiger partial charge in [0.25, 0.3) is 0 Å². The molecule has 0 amide bonds. The van der Waals surface area contributed by atoms with Crippen molar-refractivity contribution in [3.05, 3.63) is 299 Å². The van der Waals surface area contributed by atoms with Gasteiger partial charge in [-0.3, -0.25) is 9.97 Å². The predicted octanol–water partition coefficient (Wildman–Crippen LogP) is 18.6. The SMILES string of the molecule is CC(C)(C)c1ccnc(C2(c3ccc(-c4cccc(-c5ccccc5O)n4)[n-]3)c3ccccc3-c3ccccc32)c1.CC(C)(C)c1ccnc(C2(c3ccc(-c4cccc(-c5ccccc5O)n4)[nH]3)c3ccccc3-c3ccccc32)c1.[Cl][Pt]([Cl])([Cl])[Cl].[K][K].[Pt]. The van der Waals surface area contributed by atoms with Crippen molar-refractivity contribution in [2.24, 2.45) is 0 Å². The van der Waals surface area contributed by atoms with Crippen molar-refractivity contribution in [2.45, 2.75) is 63.2 Å². The van der Waals surface area contributed by atoms with E-state index in [2.05, 4.69) is 186 Å². The van der Waals surface area contributed by atoms with Gasteiger partial charge in [0.1, 0.15) is 16.9 Å². The Bertz CT molecular complexity index is 4160. The van der Waals surface area contributed by atoms with E-state index in [4.69, 9.17) is 62.6 Å². The number of hydrogen-bond donors (Lipinski definition) is 3. The van der Waals surface area contributed by atoms with E-state index in [1.54, 1.807) is 12.1 Å². The van der Waals surface area contributed by atoms with Crippen LogP contribution in [0.5, 0.6) is 11.5 Å². The summed E-state index contributed by atoms with van der Waals surface area (Å²) in [6.07, 6.45) is 3.88. The minimum Gasteiger partial charge on any atom is 0 e. The summed E-state index contributed by atoms with van der Waals surface area (Å²) < 4.78 is 0. The van der Waals surface area contributed by atoms with Crippen LogP contribution in [0.2, 0.25) is 0 Å². The van der Waals surface area contributed by atoms with Crippen LogP contribution in [-0.2, 0) is 54.6 Å². The summed E-state index contributed by atoms with van der Waals surface area (Å²) in [5.74, 6) is 0.420. The van der Waals surface area contributed by atoms with Gasteiger partial charge in [-0.1, -0.05) is 187 Å². The van der Waals surface area contributed by atoms with Gasteiger partial charge in [-0.25, -0.2) is 9.97 Å². The number of phenols is 2. The zero-order chi connectivity index (χ0) is 62.9. The Morgan fingerprint density at radius 2 is 0.789 bits per heavy atom. The van der Waals surface area contributed by atoms with Crippen LogP contribution < -0.4 is 4.98 Å². The smallest absolute Gasteiger partial charge is 0 e. The first-order valence-electron chi connectivity index (χ1n) is 29.4. The fraction of sp³-hybridized carbons (Fsp3) is 0.135. The van der Waals surface area contributed by atoms with Gasteiger partial charge in [-0.15, -0.1) is 11.4 Å². The average molecular weight is 1680 g/mol. The molecule has 12 aromatic rings. The standard InChI is InChI=1S/C37H31N3O.C37H30N3O.4ClH.2K.2Pt/c2*1-36(2,3)24-21-22-38-35(23-24)37(28-14-7-4-11-25(28)26-12-5-8-15-29(26)37)34-20-19-32(40-34)31-17-10-16-30(39-31)27-13-6-9-18-33(27)41;;;;;;;;/h4-23,40-41H,1-3H3;4-23H,1-3H3,(H-,39,40,41);4*1H;;;;/q;-1;;;;;;;;+4/p-4. The molecule has 6 heterocycles. The van der Waals surface area contributed by atoms with Crippen molar-refractivity contribution in [1.82, 2.24) is 29.9 Å².